The zero-order valence-corrected chi connectivity index (χ0v) is 31.8. The molecule has 3 N–H and O–H groups in total. The summed E-state index contributed by atoms with van der Waals surface area (Å²) in [5, 5.41) is 29.2. The van der Waals surface area contributed by atoms with Gasteiger partial charge in [0.1, 0.15) is 18.2 Å². The maximum Gasteiger partial charge on any atom is 0.320 e. The van der Waals surface area contributed by atoms with Crippen LogP contribution in [0.5, 0.6) is 11.5 Å². The Labute approximate surface area is 321 Å². The second-order valence-corrected chi connectivity index (χ2v) is 15.7. The molecule has 1 aliphatic rings. The summed E-state index contributed by atoms with van der Waals surface area (Å²) >= 11 is 3.17. The Morgan fingerprint density at radius 3 is 2.67 bits per heavy atom. The number of ether oxygens (including phenoxy) is 2. The van der Waals surface area contributed by atoms with E-state index >= 15 is 0 Å². The van der Waals surface area contributed by atoms with Crippen molar-refractivity contribution in [2.45, 2.75) is 34.9 Å². The normalized spacial score (nSPS) is 13.6. The highest BCUT2D eigenvalue weighted by Gasteiger charge is 2.26. The van der Waals surface area contributed by atoms with Crippen LogP contribution in [0.3, 0.4) is 0 Å². The van der Waals surface area contributed by atoms with Crippen LogP contribution in [-0.2, 0) is 16.0 Å². The molecular formula is C39H41FN8O4S2. The van der Waals surface area contributed by atoms with E-state index in [1.165, 1.54) is 16.8 Å². The third kappa shape index (κ3) is 8.65. The molecule has 3 aromatic heterocycles. The van der Waals surface area contributed by atoms with Crippen LogP contribution in [-0.4, -0.2) is 86.1 Å². The summed E-state index contributed by atoms with van der Waals surface area (Å²) in [5.74, 6) is 0.591. The lowest BCUT2D eigenvalue weighted by Crippen LogP contribution is -2.38. The molecule has 0 aliphatic carbocycles. The standard InChI is InChI=1S/C39H41FN8O4S2/c1-39(2,53-3)34-23-36(48(45-34)28-11-13-32(49)31(40)22-28)42-38(50)41-24-27-7-4-5-10-33(27)54-30-12-14-35-43-44-37(47(35)25-30)26-8-6-9-29(21-26)52-20-17-46-15-18-51-19-16-46/h4-14,21-23,25,49H,15-20,24H2,1-3H3,(H2,41,42,50). The van der Waals surface area contributed by atoms with Crippen molar-refractivity contribution < 1.29 is 23.8 Å². The summed E-state index contributed by atoms with van der Waals surface area (Å²) in [4.78, 5) is 17.6. The van der Waals surface area contributed by atoms with Gasteiger partial charge in [0.2, 0.25) is 0 Å². The van der Waals surface area contributed by atoms with E-state index in [-0.39, 0.29) is 11.3 Å². The first-order valence-corrected chi connectivity index (χ1v) is 19.5. The molecule has 3 aromatic carbocycles. The van der Waals surface area contributed by atoms with Gasteiger partial charge in [-0.25, -0.2) is 13.9 Å². The molecule has 4 heterocycles. The minimum Gasteiger partial charge on any atom is -0.505 e. The maximum atomic E-state index is 14.3. The van der Waals surface area contributed by atoms with Crippen molar-refractivity contribution in [3.63, 3.8) is 0 Å². The predicted molar refractivity (Wildman–Crippen MR) is 209 cm³/mol. The second kappa shape index (κ2) is 16.5. The lowest BCUT2D eigenvalue weighted by molar-refractivity contribution is 0.0322. The van der Waals surface area contributed by atoms with Gasteiger partial charge in [-0.1, -0.05) is 42.1 Å². The Kier molecular flexibility index (Phi) is 11.4. The average molecular weight is 769 g/mol. The molecule has 0 radical (unpaired) electrons. The molecule has 0 spiro atoms. The van der Waals surface area contributed by atoms with E-state index < -0.39 is 17.6 Å². The van der Waals surface area contributed by atoms with Gasteiger partial charge in [0.25, 0.3) is 0 Å². The Hall–Kier alpha value is -5.09. The van der Waals surface area contributed by atoms with Gasteiger partial charge in [-0.2, -0.15) is 16.9 Å². The number of rotatable bonds is 13. The molecule has 15 heteroatoms. The Bertz CT molecular complexity index is 2260. The van der Waals surface area contributed by atoms with Gasteiger partial charge < -0.3 is 19.9 Å². The highest BCUT2D eigenvalue weighted by Crippen LogP contribution is 2.36. The number of nitrogens with one attached hydrogen (secondary N) is 2. The van der Waals surface area contributed by atoms with Gasteiger partial charge in [-0.05, 0) is 68.1 Å². The number of hydrogen-bond donors (Lipinski definition) is 3. The van der Waals surface area contributed by atoms with Crippen LogP contribution in [0.25, 0.3) is 22.7 Å². The van der Waals surface area contributed by atoms with Crippen LogP contribution in [0.2, 0.25) is 0 Å². The number of amides is 2. The van der Waals surface area contributed by atoms with Crippen LogP contribution in [0.15, 0.2) is 101 Å². The molecule has 0 unspecified atom stereocenters. The number of halogens is 1. The molecule has 1 fully saturated rings. The molecule has 54 heavy (non-hydrogen) atoms. The SMILES string of the molecule is CSC(C)(C)c1cc(NC(=O)NCc2ccccc2Sc2ccc3nnc(-c4cccc(OCCN5CCOCC5)c4)n3c2)n(-c2ccc(O)c(F)c2)n1. The summed E-state index contributed by atoms with van der Waals surface area (Å²) in [6.07, 6.45) is 3.99. The van der Waals surface area contributed by atoms with E-state index in [9.17, 15) is 14.3 Å². The number of aromatic nitrogens is 5. The predicted octanol–water partition coefficient (Wildman–Crippen LogP) is 7.21. The summed E-state index contributed by atoms with van der Waals surface area (Å²) in [7, 11) is 0. The molecule has 7 rings (SSSR count). The van der Waals surface area contributed by atoms with Crippen LogP contribution in [0.1, 0.15) is 25.1 Å². The Balaban J connectivity index is 1.04. The van der Waals surface area contributed by atoms with Gasteiger partial charge in [-0.15, -0.1) is 10.2 Å². The van der Waals surface area contributed by atoms with E-state index in [2.05, 4.69) is 30.8 Å². The first-order chi connectivity index (χ1) is 26.2. The fourth-order valence-corrected chi connectivity index (χ4v) is 7.15. The molecule has 2 amide bonds. The van der Waals surface area contributed by atoms with Gasteiger partial charge in [-0.3, -0.25) is 14.6 Å². The number of phenolic OH excluding ortho intramolecular Hbond substituents is 1. The highest BCUT2D eigenvalue weighted by atomic mass is 32.2. The van der Waals surface area contributed by atoms with Crippen molar-refractivity contribution in [2.24, 2.45) is 0 Å². The van der Waals surface area contributed by atoms with Crippen LogP contribution >= 0.6 is 23.5 Å². The first-order valence-electron chi connectivity index (χ1n) is 17.5. The number of thioether (sulfide) groups is 1. The molecule has 0 bridgehead atoms. The van der Waals surface area contributed by atoms with Crippen LogP contribution in [0, 0.1) is 5.82 Å². The molecule has 12 nitrogen and oxygen atoms in total. The molecular weight excluding hydrogens is 728 g/mol. The molecule has 0 atom stereocenters. The van der Waals surface area contributed by atoms with E-state index in [1.54, 1.807) is 35.7 Å². The zero-order valence-electron chi connectivity index (χ0n) is 30.2. The van der Waals surface area contributed by atoms with Gasteiger partial charge in [0, 0.05) is 59.9 Å². The smallest absolute Gasteiger partial charge is 0.320 e. The number of carbonyl (C=O) groups excluding carboxylic acids is 1. The summed E-state index contributed by atoms with van der Waals surface area (Å²) in [5.41, 5.74) is 3.60. The Morgan fingerprint density at radius 2 is 1.85 bits per heavy atom. The minimum absolute atomic E-state index is 0.249. The van der Waals surface area contributed by atoms with Crippen molar-refractivity contribution in [3.8, 4) is 28.6 Å². The number of phenols is 1. The van der Waals surface area contributed by atoms with Crippen LogP contribution < -0.4 is 15.4 Å². The van der Waals surface area contributed by atoms with Crippen molar-refractivity contribution in [3.05, 3.63) is 108 Å². The molecule has 1 saturated heterocycles. The summed E-state index contributed by atoms with van der Waals surface area (Å²) in [6, 6.07) is 25.0. The second-order valence-electron chi connectivity index (χ2n) is 13.1. The number of hydrogen-bond acceptors (Lipinski definition) is 10. The van der Waals surface area contributed by atoms with E-state index in [0.29, 0.717) is 29.6 Å². The van der Waals surface area contributed by atoms with Crippen molar-refractivity contribution in [2.75, 3.05) is 51.0 Å². The van der Waals surface area contributed by atoms with E-state index in [0.717, 1.165) is 65.2 Å². The summed E-state index contributed by atoms with van der Waals surface area (Å²) < 4.78 is 28.9. The molecule has 0 saturated carbocycles. The number of morpholine rings is 1. The van der Waals surface area contributed by atoms with Gasteiger partial charge >= 0.3 is 6.03 Å². The van der Waals surface area contributed by atoms with Crippen molar-refractivity contribution in [1.82, 2.24) is 34.6 Å². The van der Waals surface area contributed by atoms with E-state index in [1.807, 2.05) is 91.4 Å². The highest BCUT2D eigenvalue weighted by molar-refractivity contribution is 7.99. The van der Waals surface area contributed by atoms with E-state index in [4.69, 9.17) is 9.47 Å². The topological polar surface area (TPSA) is 131 Å². The van der Waals surface area contributed by atoms with Gasteiger partial charge in [0.05, 0.1) is 29.3 Å². The number of nitrogens with zero attached hydrogens (tertiary/aromatic N) is 6. The largest absolute Gasteiger partial charge is 0.505 e. The fraction of sp³-hybridized carbons (Fsp3) is 0.282. The number of fused-ring (bicyclic) bond motifs is 1. The lowest BCUT2D eigenvalue weighted by Gasteiger charge is -2.26. The third-order valence-corrected chi connectivity index (χ3v) is 11.5. The lowest BCUT2D eigenvalue weighted by atomic mass is 10.1. The number of pyridine rings is 1. The van der Waals surface area contributed by atoms with Crippen LogP contribution in [0.4, 0.5) is 15.0 Å². The first kappa shape index (κ1) is 37.2. The monoisotopic (exact) mass is 768 g/mol. The average Bonchev–Trinajstić information content (AvgIpc) is 3.81. The van der Waals surface area contributed by atoms with Crippen molar-refractivity contribution >= 4 is 41.0 Å². The minimum atomic E-state index is -0.785. The Morgan fingerprint density at radius 1 is 1.02 bits per heavy atom. The number of urea groups is 1. The fourth-order valence-electron chi connectivity index (χ4n) is 5.88. The molecule has 280 valence electrons. The maximum absolute atomic E-state index is 14.3. The zero-order chi connectivity index (χ0) is 37.7. The number of aromatic hydroxyl groups is 1. The van der Waals surface area contributed by atoms with Gasteiger partial charge in [0.15, 0.2) is 23.0 Å². The number of carbonyl (C=O) groups is 1. The van der Waals surface area contributed by atoms with Crippen molar-refractivity contribution in [1.29, 1.82) is 0 Å². The number of anilines is 1. The third-order valence-electron chi connectivity index (χ3n) is 9.14. The summed E-state index contributed by atoms with van der Waals surface area (Å²) in [6.45, 7) is 9.08. The molecule has 6 aromatic rings. The quantitative estimate of drug-likeness (QED) is 0.111. The molecule has 1 aliphatic heterocycles. The number of benzene rings is 3.